The van der Waals surface area contributed by atoms with E-state index in [1.807, 2.05) is 0 Å². The Morgan fingerprint density at radius 3 is 2.65 bits per heavy atom. The Morgan fingerprint density at radius 1 is 1.19 bits per heavy atom. The van der Waals surface area contributed by atoms with Crippen molar-refractivity contribution in [2.75, 3.05) is 11.9 Å². The van der Waals surface area contributed by atoms with Gasteiger partial charge in [0.05, 0.1) is 0 Å². The van der Waals surface area contributed by atoms with E-state index >= 15 is 0 Å². The molecule has 3 N–H and O–H groups in total. The van der Waals surface area contributed by atoms with Crippen LogP contribution in [0.3, 0.4) is 0 Å². The summed E-state index contributed by atoms with van der Waals surface area (Å²) < 4.78 is 6.83. The first-order valence-corrected chi connectivity index (χ1v) is 8.52. The summed E-state index contributed by atoms with van der Waals surface area (Å²) in [4.78, 5) is 35.3. The number of benzene rings is 1. The van der Waals surface area contributed by atoms with Crippen molar-refractivity contribution in [3.05, 3.63) is 59.0 Å². The smallest absolute Gasteiger partial charge is 0.255 e. The van der Waals surface area contributed by atoms with Crippen LogP contribution in [0.4, 0.5) is 5.69 Å². The van der Waals surface area contributed by atoms with E-state index in [0.29, 0.717) is 25.1 Å². The lowest BCUT2D eigenvalue weighted by atomic mass is 9.92. The number of ether oxygens (including phenoxy) is 1. The monoisotopic (exact) mass is 355 g/mol. The molecular weight excluding hydrogens is 334 g/mol. The van der Waals surface area contributed by atoms with Gasteiger partial charge in [-0.05, 0) is 49.1 Å². The fraction of sp³-hybridized carbons (Fsp3) is 0.316. The molecule has 0 aliphatic carbocycles. The molecule has 2 heterocycles. The van der Waals surface area contributed by atoms with Crippen LogP contribution in [0.1, 0.15) is 19.3 Å². The first-order valence-electron chi connectivity index (χ1n) is 8.52. The molecule has 0 radical (unpaired) electrons. The van der Waals surface area contributed by atoms with Gasteiger partial charge < -0.3 is 15.8 Å². The summed E-state index contributed by atoms with van der Waals surface area (Å²) in [6, 6.07) is 12.0. The van der Waals surface area contributed by atoms with Gasteiger partial charge >= 0.3 is 0 Å². The van der Waals surface area contributed by atoms with Gasteiger partial charge in [-0.3, -0.25) is 19.0 Å². The van der Waals surface area contributed by atoms with Gasteiger partial charge in [-0.25, -0.2) is 0 Å². The quantitative estimate of drug-likeness (QED) is 0.847. The van der Waals surface area contributed by atoms with Crippen LogP contribution in [-0.2, 0) is 14.3 Å². The van der Waals surface area contributed by atoms with E-state index in [2.05, 4.69) is 5.32 Å². The molecule has 7 heteroatoms. The van der Waals surface area contributed by atoms with Crippen molar-refractivity contribution in [2.24, 2.45) is 11.7 Å². The Bertz CT molecular complexity index is 844. The third-order valence-electron chi connectivity index (χ3n) is 4.44. The fourth-order valence-corrected chi connectivity index (χ4v) is 3.07. The van der Waals surface area contributed by atoms with Crippen molar-refractivity contribution < 1.29 is 14.3 Å². The van der Waals surface area contributed by atoms with Gasteiger partial charge in [0.2, 0.25) is 11.8 Å². The van der Waals surface area contributed by atoms with E-state index in [1.54, 1.807) is 42.6 Å². The molecule has 0 spiro atoms. The maximum absolute atomic E-state index is 12.2. The van der Waals surface area contributed by atoms with E-state index in [0.717, 1.165) is 12.1 Å². The Labute approximate surface area is 150 Å². The number of primary amides is 1. The second-order valence-electron chi connectivity index (χ2n) is 6.36. The van der Waals surface area contributed by atoms with E-state index in [4.69, 9.17) is 10.5 Å². The number of nitrogens with one attached hydrogen (secondary N) is 1. The van der Waals surface area contributed by atoms with E-state index in [9.17, 15) is 14.4 Å². The number of carbonyl (C=O) groups excluding carboxylic acids is 2. The largest absolute Gasteiger partial charge is 0.368 e. The molecule has 1 aliphatic heterocycles. The highest BCUT2D eigenvalue weighted by molar-refractivity contribution is 5.91. The SMILES string of the molecule is NC(=O)C1CC(CC(=O)Nc2ccc(-n3ccccc3=O)cc2)CCO1. The first kappa shape index (κ1) is 17.9. The standard InChI is InChI=1S/C19H21N3O4/c20-19(25)16-11-13(8-10-26-16)12-17(23)21-14-4-6-15(7-5-14)22-9-2-1-3-18(22)24/h1-7,9,13,16H,8,10-12H2,(H2,20,25)(H,21,23). The summed E-state index contributed by atoms with van der Waals surface area (Å²) in [6.45, 7) is 0.437. The third-order valence-corrected chi connectivity index (χ3v) is 4.44. The maximum atomic E-state index is 12.2. The van der Waals surface area contributed by atoms with Crippen LogP contribution in [-0.4, -0.2) is 29.1 Å². The molecule has 0 saturated carbocycles. The topological polar surface area (TPSA) is 103 Å². The van der Waals surface area contributed by atoms with Crippen LogP contribution in [0.5, 0.6) is 0 Å². The van der Waals surface area contributed by atoms with Crippen LogP contribution in [0.2, 0.25) is 0 Å². The summed E-state index contributed by atoms with van der Waals surface area (Å²) in [6.07, 6.45) is 2.60. The van der Waals surface area contributed by atoms with Crippen LogP contribution < -0.4 is 16.6 Å². The lowest BCUT2D eigenvalue weighted by molar-refractivity contribution is -0.135. The van der Waals surface area contributed by atoms with Crippen LogP contribution in [0.15, 0.2) is 53.5 Å². The highest BCUT2D eigenvalue weighted by Crippen LogP contribution is 2.24. The molecule has 136 valence electrons. The molecule has 7 nitrogen and oxygen atoms in total. The molecule has 2 amide bonds. The number of carbonyl (C=O) groups is 2. The van der Waals surface area contributed by atoms with Gasteiger partial charge in [0.1, 0.15) is 6.10 Å². The van der Waals surface area contributed by atoms with E-state index < -0.39 is 12.0 Å². The highest BCUT2D eigenvalue weighted by atomic mass is 16.5. The third kappa shape index (κ3) is 4.37. The van der Waals surface area contributed by atoms with E-state index in [1.165, 1.54) is 10.6 Å². The van der Waals surface area contributed by atoms with E-state index in [-0.39, 0.29) is 17.4 Å². The molecule has 26 heavy (non-hydrogen) atoms. The van der Waals surface area contributed by atoms with Crippen LogP contribution >= 0.6 is 0 Å². The molecule has 1 fully saturated rings. The minimum Gasteiger partial charge on any atom is -0.368 e. The normalized spacial score (nSPS) is 19.7. The van der Waals surface area contributed by atoms with Crippen molar-refractivity contribution >= 4 is 17.5 Å². The van der Waals surface area contributed by atoms with Crippen molar-refractivity contribution in [3.63, 3.8) is 0 Å². The number of aromatic nitrogens is 1. The minimum atomic E-state index is -0.606. The molecule has 1 aliphatic rings. The highest BCUT2D eigenvalue weighted by Gasteiger charge is 2.27. The summed E-state index contributed by atoms with van der Waals surface area (Å²) in [7, 11) is 0. The number of hydrogen-bond acceptors (Lipinski definition) is 4. The molecule has 2 aromatic rings. The van der Waals surface area contributed by atoms with Crippen molar-refractivity contribution in [1.82, 2.24) is 4.57 Å². The Morgan fingerprint density at radius 2 is 1.96 bits per heavy atom. The number of rotatable bonds is 5. The molecule has 1 aromatic carbocycles. The summed E-state index contributed by atoms with van der Waals surface area (Å²) in [5.41, 5.74) is 6.53. The molecule has 2 atom stereocenters. The average molecular weight is 355 g/mol. The number of anilines is 1. The van der Waals surface area contributed by atoms with Crippen molar-refractivity contribution in [3.8, 4) is 5.69 Å². The average Bonchev–Trinajstić information content (AvgIpc) is 2.63. The van der Waals surface area contributed by atoms with Crippen molar-refractivity contribution in [1.29, 1.82) is 0 Å². The number of hydrogen-bond donors (Lipinski definition) is 2. The van der Waals surface area contributed by atoms with Crippen LogP contribution in [0, 0.1) is 5.92 Å². The molecular formula is C19H21N3O4. The maximum Gasteiger partial charge on any atom is 0.255 e. The molecule has 2 unspecified atom stereocenters. The summed E-state index contributed by atoms with van der Waals surface area (Å²) in [5, 5.41) is 2.84. The lowest BCUT2D eigenvalue weighted by Crippen LogP contribution is -2.37. The summed E-state index contributed by atoms with van der Waals surface area (Å²) >= 11 is 0. The van der Waals surface area contributed by atoms with Gasteiger partial charge in [-0.1, -0.05) is 6.07 Å². The zero-order valence-corrected chi connectivity index (χ0v) is 14.3. The Kier molecular flexibility index (Phi) is 5.48. The second kappa shape index (κ2) is 7.97. The molecule has 1 aromatic heterocycles. The minimum absolute atomic E-state index is 0.0726. The van der Waals surface area contributed by atoms with Gasteiger partial charge in [0.25, 0.3) is 5.56 Å². The molecule has 3 rings (SSSR count). The predicted molar refractivity (Wildman–Crippen MR) is 96.9 cm³/mol. The second-order valence-corrected chi connectivity index (χ2v) is 6.36. The number of nitrogens with two attached hydrogens (primary N) is 1. The number of nitrogens with zero attached hydrogens (tertiary/aromatic N) is 1. The first-order chi connectivity index (χ1) is 12.5. The molecule has 1 saturated heterocycles. The number of pyridine rings is 1. The Hall–Kier alpha value is -2.93. The van der Waals surface area contributed by atoms with Crippen LogP contribution in [0.25, 0.3) is 5.69 Å². The van der Waals surface area contributed by atoms with Gasteiger partial charge in [-0.2, -0.15) is 0 Å². The van der Waals surface area contributed by atoms with Gasteiger partial charge in [0.15, 0.2) is 0 Å². The predicted octanol–water partition coefficient (Wildman–Crippen LogP) is 1.45. The summed E-state index contributed by atoms with van der Waals surface area (Å²) in [5.74, 6) is -0.532. The van der Waals surface area contributed by atoms with Crippen molar-refractivity contribution in [2.45, 2.75) is 25.4 Å². The molecule has 0 bridgehead atoms. The lowest BCUT2D eigenvalue weighted by Gasteiger charge is -2.27. The zero-order chi connectivity index (χ0) is 18.5. The van der Waals surface area contributed by atoms with Gasteiger partial charge in [0, 0.05) is 36.7 Å². The zero-order valence-electron chi connectivity index (χ0n) is 14.3. The fourth-order valence-electron chi connectivity index (χ4n) is 3.07. The number of amides is 2. The van der Waals surface area contributed by atoms with Gasteiger partial charge in [-0.15, -0.1) is 0 Å². The Balaban J connectivity index is 1.59.